The number of nitrogens with one attached hydrogen (secondary N) is 1. The number of nitrogens with zero attached hydrogens (tertiary/aromatic N) is 1. The topological polar surface area (TPSA) is 52.9 Å². The minimum atomic E-state index is -0.649. The maximum absolute atomic E-state index is 11.9. The van der Waals surface area contributed by atoms with Gasteiger partial charge in [-0.1, -0.05) is 46.0 Å². The first-order valence-electron chi connectivity index (χ1n) is 7.38. The average Bonchev–Trinajstić information content (AvgIpc) is 2.44. The molecule has 1 fully saturated rings. The SMILES string of the molecule is CCC(C#N)(CC)NC(=O)CCC1CCCCC1. The van der Waals surface area contributed by atoms with E-state index in [-0.39, 0.29) is 5.91 Å². The average molecular weight is 250 g/mol. The number of nitriles is 1. The van der Waals surface area contributed by atoms with E-state index in [1.54, 1.807) is 0 Å². The van der Waals surface area contributed by atoms with Gasteiger partial charge in [0, 0.05) is 6.42 Å². The molecule has 0 aliphatic heterocycles. The van der Waals surface area contributed by atoms with Crippen LogP contribution in [0.5, 0.6) is 0 Å². The lowest BCUT2D eigenvalue weighted by Crippen LogP contribution is -2.46. The van der Waals surface area contributed by atoms with Crippen molar-refractivity contribution in [2.75, 3.05) is 0 Å². The lowest BCUT2D eigenvalue weighted by Gasteiger charge is -2.26. The third-order valence-electron chi connectivity index (χ3n) is 4.30. The molecule has 0 radical (unpaired) electrons. The Morgan fingerprint density at radius 2 is 1.89 bits per heavy atom. The first-order chi connectivity index (χ1) is 8.65. The van der Waals surface area contributed by atoms with Crippen molar-refractivity contribution in [2.24, 2.45) is 5.92 Å². The molecule has 1 saturated carbocycles. The van der Waals surface area contributed by atoms with E-state index in [9.17, 15) is 10.1 Å². The summed E-state index contributed by atoms with van der Waals surface area (Å²) in [6.45, 7) is 3.91. The number of carbonyl (C=O) groups is 1. The lowest BCUT2D eigenvalue weighted by molar-refractivity contribution is -0.122. The minimum Gasteiger partial charge on any atom is -0.338 e. The summed E-state index contributed by atoms with van der Waals surface area (Å²) in [5.74, 6) is 0.773. The summed E-state index contributed by atoms with van der Waals surface area (Å²) in [7, 11) is 0. The van der Waals surface area contributed by atoms with Crippen molar-refractivity contribution in [1.29, 1.82) is 5.26 Å². The fourth-order valence-corrected chi connectivity index (χ4v) is 2.75. The van der Waals surface area contributed by atoms with Crippen LogP contribution >= 0.6 is 0 Å². The molecule has 0 aromatic heterocycles. The van der Waals surface area contributed by atoms with Gasteiger partial charge in [0.15, 0.2) is 0 Å². The van der Waals surface area contributed by atoms with Crippen molar-refractivity contribution in [3.8, 4) is 6.07 Å². The van der Waals surface area contributed by atoms with Gasteiger partial charge in [-0.05, 0) is 25.2 Å². The van der Waals surface area contributed by atoms with E-state index in [2.05, 4.69) is 11.4 Å². The molecule has 0 aromatic rings. The van der Waals surface area contributed by atoms with Gasteiger partial charge >= 0.3 is 0 Å². The molecule has 1 N–H and O–H groups in total. The van der Waals surface area contributed by atoms with Crippen molar-refractivity contribution in [3.63, 3.8) is 0 Å². The van der Waals surface area contributed by atoms with Crippen LogP contribution in [0.4, 0.5) is 0 Å². The van der Waals surface area contributed by atoms with Gasteiger partial charge in [0.05, 0.1) is 6.07 Å². The normalized spacial score (nSPS) is 17.2. The molecule has 1 aliphatic carbocycles. The predicted octanol–water partition coefficient (Wildman–Crippen LogP) is 3.55. The zero-order chi connectivity index (χ0) is 13.4. The molecule has 0 unspecified atom stereocenters. The Balaban J connectivity index is 2.34. The fourth-order valence-electron chi connectivity index (χ4n) is 2.75. The molecule has 0 bridgehead atoms. The van der Waals surface area contributed by atoms with Crippen LogP contribution in [0.1, 0.15) is 71.6 Å². The minimum absolute atomic E-state index is 0.0471. The Hall–Kier alpha value is -1.04. The summed E-state index contributed by atoms with van der Waals surface area (Å²) in [5, 5.41) is 12.1. The molecule has 18 heavy (non-hydrogen) atoms. The molecule has 0 spiro atoms. The first-order valence-corrected chi connectivity index (χ1v) is 7.38. The van der Waals surface area contributed by atoms with E-state index in [0.717, 1.165) is 12.3 Å². The van der Waals surface area contributed by atoms with Crippen molar-refractivity contribution in [2.45, 2.75) is 77.2 Å². The molecule has 3 nitrogen and oxygen atoms in total. The van der Waals surface area contributed by atoms with Crippen LogP contribution in [0.3, 0.4) is 0 Å². The molecular formula is C15H26N2O. The first kappa shape index (κ1) is 15.0. The van der Waals surface area contributed by atoms with Gasteiger partial charge in [0.25, 0.3) is 0 Å². The highest BCUT2D eigenvalue weighted by Crippen LogP contribution is 2.27. The van der Waals surface area contributed by atoms with Gasteiger partial charge in [0.1, 0.15) is 5.54 Å². The number of hydrogen-bond acceptors (Lipinski definition) is 2. The smallest absolute Gasteiger partial charge is 0.221 e. The van der Waals surface area contributed by atoms with Crippen molar-refractivity contribution >= 4 is 5.91 Å². The second-order valence-corrected chi connectivity index (χ2v) is 5.49. The zero-order valence-corrected chi connectivity index (χ0v) is 11.8. The molecule has 0 saturated heterocycles. The highest BCUT2D eigenvalue weighted by Gasteiger charge is 2.27. The highest BCUT2D eigenvalue weighted by molar-refractivity contribution is 5.77. The molecule has 1 amide bonds. The summed E-state index contributed by atoms with van der Waals surface area (Å²) in [5.41, 5.74) is -0.649. The van der Waals surface area contributed by atoms with Crippen LogP contribution in [0.2, 0.25) is 0 Å². The van der Waals surface area contributed by atoms with E-state index in [4.69, 9.17) is 0 Å². The summed E-state index contributed by atoms with van der Waals surface area (Å²) >= 11 is 0. The quantitative estimate of drug-likeness (QED) is 0.783. The van der Waals surface area contributed by atoms with Crippen molar-refractivity contribution in [3.05, 3.63) is 0 Å². The molecule has 0 heterocycles. The Morgan fingerprint density at radius 3 is 2.39 bits per heavy atom. The Labute approximate surface area is 111 Å². The molecule has 3 heteroatoms. The third kappa shape index (κ3) is 4.33. The Bertz CT molecular complexity index is 296. The maximum Gasteiger partial charge on any atom is 0.221 e. The lowest BCUT2D eigenvalue weighted by atomic mass is 9.86. The van der Waals surface area contributed by atoms with E-state index in [1.807, 2.05) is 13.8 Å². The van der Waals surface area contributed by atoms with Crippen LogP contribution in [0.15, 0.2) is 0 Å². The summed E-state index contributed by atoms with van der Waals surface area (Å²) < 4.78 is 0. The third-order valence-corrected chi connectivity index (χ3v) is 4.30. The van der Waals surface area contributed by atoms with Gasteiger partial charge in [-0.3, -0.25) is 4.79 Å². The van der Waals surface area contributed by atoms with Crippen LogP contribution in [-0.4, -0.2) is 11.4 Å². The summed E-state index contributed by atoms with van der Waals surface area (Å²) in [4.78, 5) is 11.9. The number of carbonyl (C=O) groups excluding carboxylic acids is 1. The molecule has 1 rings (SSSR count). The molecule has 102 valence electrons. The highest BCUT2D eigenvalue weighted by atomic mass is 16.1. The summed E-state index contributed by atoms with van der Waals surface area (Å²) in [6.07, 6.45) is 9.46. The van der Waals surface area contributed by atoms with Gasteiger partial charge in [-0.15, -0.1) is 0 Å². The van der Waals surface area contributed by atoms with Gasteiger partial charge in [-0.25, -0.2) is 0 Å². The van der Waals surface area contributed by atoms with Crippen LogP contribution < -0.4 is 5.32 Å². The predicted molar refractivity (Wildman–Crippen MR) is 72.9 cm³/mol. The van der Waals surface area contributed by atoms with E-state index >= 15 is 0 Å². The monoisotopic (exact) mass is 250 g/mol. The van der Waals surface area contributed by atoms with E-state index in [0.29, 0.717) is 19.3 Å². The van der Waals surface area contributed by atoms with Crippen LogP contribution in [-0.2, 0) is 4.79 Å². The summed E-state index contributed by atoms with van der Waals surface area (Å²) in [6, 6.07) is 2.25. The maximum atomic E-state index is 11.9. The number of rotatable bonds is 6. The van der Waals surface area contributed by atoms with Gasteiger partial charge < -0.3 is 5.32 Å². The van der Waals surface area contributed by atoms with Crippen LogP contribution in [0, 0.1) is 17.2 Å². The molecule has 0 atom stereocenters. The second kappa shape index (κ2) is 7.41. The number of hydrogen-bond donors (Lipinski definition) is 1. The Kier molecular flexibility index (Phi) is 6.18. The van der Waals surface area contributed by atoms with Crippen molar-refractivity contribution < 1.29 is 4.79 Å². The molecular weight excluding hydrogens is 224 g/mol. The van der Waals surface area contributed by atoms with E-state index in [1.165, 1.54) is 32.1 Å². The van der Waals surface area contributed by atoms with Gasteiger partial charge in [0.2, 0.25) is 5.91 Å². The Morgan fingerprint density at radius 1 is 1.28 bits per heavy atom. The largest absolute Gasteiger partial charge is 0.338 e. The fraction of sp³-hybridized carbons (Fsp3) is 0.867. The standard InChI is InChI=1S/C15H26N2O/c1-3-15(4-2,12-16)17-14(18)11-10-13-8-6-5-7-9-13/h13H,3-11H2,1-2H3,(H,17,18). The van der Waals surface area contributed by atoms with Gasteiger partial charge in [-0.2, -0.15) is 5.26 Å². The van der Waals surface area contributed by atoms with Crippen molar-refractivity contribution in [1.82, 2.24) is 5.32 Å². The second-order valence-electron chi connectivity index (χ2n) is 5.49. The number of amides is 1. The van der Waals surface area contributed by atoms with Crippen LogP contribution in [0.25, 0.3) is 0 Å². The molecule has 1 aliphatic rings. The molecule has 0 aromatic carbocycles. The zero-order valence-electron chi connectivity index (χ0n) is 11.8. The van der Waals surface area contributed by atoms with E-state index < -0.39 is 5.54 Å².